The van der Waals surface area contributed by atoms with Gasteiger partial charge < -0.3 is 10.6 Å². The second-order valence-corrected chi connectivity index (χ2v) is 4.60. The average molecular weight is 298 g/mol. The summed E-state index contributed by atoms with van der Waals surface area (Å²) in [6, 6.07) is 12.9. The Kier molecular flexibility index (Phi) is 5.03. The highest BCUT2D eigenvalue weighted by molar-refractivity contribution is 6.02. The molecule has 4 nitrogen and oxygen atoms in total. The highest BCUT2D eigenvalue weighted by Gasteiger charge is 2.01. The van der Waals surface area contributed by atoms with Crippen molar-refractivity contribution >= 4 is 29.3 Å². The van der Waals surface area contributed by atoms with E-state index in [4.69, 9.17) is 0 Å². The molecule has 2 amide bonds. The van der Waals surface area contributed by atoms with Gasteiger partial charge in [-0.3, -0.25) is 9.59 Å². The van der Waals surface area contributed by atoms with Crippen LogP contribution in [0.3, 0.4) is 0 Å². The molecule has 2 aromatic rings. The molecule has 112 valence electrons. The van der Waals surface area contributed by atoms with Gasteiger partial charge in [0.15, 0.2) is 0 Å². The van der Waals surface area contributed by atoms with Gasteiger partial charge in [-0.1, -0.05) is 18.2 Å². The fourth-order valence-corrected chi connectivity index (χ4v) is 1.80. The number of rotatable bonds is 4. The smallest absolute Gasteiger partial charge is 0.248 e. The van der Waals surface area contributed by atoms with Crippen LogP contribution in [-0.2, 0) is 9.59 Å². The van der Waals surface area contributed by atoms with Crippen LogP contribution in [0.4, 0.5) is 15.8 Å². The molecule has 0 saturated heterocycles. The first kappa shape index (κ1) is 15.4. The number of anilines is 2. The van der Waals surface area contributed by atoms with Crippen LogP contribution in [-0.4, -0.2) is 11.8 Å². The number of nitrogens with one attached hydrogen (secondary N) is 2. The highest BCUT2D eigenvalue weighted by atomic mass is 19.1. The SMILES string of the molecule is CC(=O)Nc1ccc(NC(=O)/C=C/c2ccccc2F)cc1. The summed E-state index contributed by atoms with van der Waals surface area (Å²) in [5.41, 5.74) is 1.57. The predicted octanol–water partition coefficient (Wildman–Crippen LogP) is 3.44. The Balaban J connectivity index is 1.97. The fourth-order valence-electron chi connectivity index (χ4n) is 1.80. The first-order valence-corrected chi connectivity index (χ1v) is 6.66. The van der Waals surface area contributed by atoms with Crippen molar-refractivity contribution < 1.29 is 14.0 Å². The van der Waals surface area contributed by atoms with Crippen molar-refractivity contribution in [1.82, 2.24) is 0 Å². The molecule has 0 bridgehead atoms. The Labute approximate surface area is 127 Å². The maximum Gasteiger partial charge on any atom is 0.248 e. The summed E-state index contributed by atoms with van der Waals surface area (Å²) in [5.74, 6) is -0.911. The molecule has 0 aromatic heterocycles. The van der Waals surface area contributed by atoms with Crippen molar-refractivity contribution in [3.8, 4) is 0 Å². The molecule has 22 heavy (non-hydrogen) atoms. The third-order valence-electron chi connectivity index (χ3n) is 2.79. The molecule has 0 fully saturated rings. The molecular weight excluding hydrogens is 283 g/mol. The summed E-state index contributed by atoms with van der Waals surface area (Å²) >= 11 is 0. The quantitative estimate of drug-likeness (QED) is 0.850. The summed E-state index contributed by atoms with van der Waals surface area (Å²) in [7, 11) is 0. The van der Waals surface area contributed by atoms with Crippen LogP contribution >= 0.6 is 0 Å². The minimum atomic E-state index is -0.383. The van der Waals surface area contributed by atoms with Crippen LogP contribution in [0.2, 0.25) is 0 Å². The molecule has 2 N–H and O–H groups in total. The number of halogens is 1. The molecular formula is C17H15FN2O2. The van der Waals surface area contributed by atoms with Crippen LogP contribution in [0.5, 0.6) is 0 Å². The first-order valence-electron chi connectivity index (χ1n) is 6.66. The predicted molar refractivity (Wildman–Crippen MR) is 84.8 cm³/mol. The maximum absolute atomic E-state index is 13.4. The lowest BCUT2D eigenvalue weighted by Gasteiger charge is -2.05. The van der Waals surface area contributed by atoms with Crippen molar-refractivity contribution in [3.63, 3.8) is 0 Å². The lowest BCUT2D eigenvalue weighted by Crippen LogP contribution is -2.08. The third kappa shape index (κ3) is 4.56. The summed E-state index contributed by atoms with van der Waals surface area (Å²) in [5, 5.41) is 5.28. The zero-order valence-electron chi connectivity index (χ0n) is 12.0. The first-order chi connectivity index (χ1) is 10.5. The van der Waals surface area contributed by atoms with E-state index in [2.05, 4.69) is 10.6 Å². The van der Waals surface area contributed by atoms with Crippen LogP contribution in [0.25, 0.3) is 6.08 Å². The molecule has 0 unspecified atom stereocenters. The monoisotopic (exact) mass is 298 g/mol. The number of amides is 2. The standard InChI is InChI=1S/C17H15FN2O2/c1-12(21)19-14-7-9-15(10-8-14)20-17(22)11-6-13-4-2-3-5-16(13)18/h2-11H,1H3,(H,19,21)(H,20,22)/b11-6+. The van der Waals surface area contributed by atoms with Gasteiger partial charge >= 0.3 is 0 Å². The van der Waals surface area contributed by atoms with E-state index in [1.54, 1.807) is 42.5 Å². The van der Waals surface area contributed by atoms with Gasteiger partial charge in [0.25, 0.3) is 0 Å². The van der Waals surface area contributed by atoms with Crippen molar-refractivity contribution in [2.24, 2.45) is 0 Å². The molecule has 0 saturated carbocycles. The van der Waals surface area contributed by atoms with Gasteiger partial charge in [0.05, 0.1) is 0 Å². The molecule has 0 spiro atoms. The molecule has 0 atom stereocenters. The lowest BCUT2D eigenvalue weighted by molar-refractivity contribution is -0.114. The highest BCUT2D eigenvalue weighted by Crippen LogP contribution is 2.14. The Morgan fingerprint density at radius 2 is 1.55 bits per heavy atom. The summed E-state index contributed by atoms with van der Waals surface area (Å²) < 4.78 is 13.4. The minimum absolute atomic E-state index is 0.162. The number of benzene rings is 2. The van der Waals surface area contributed by atoms with E-state index in [0.717, 1.165) is 0 Å². The van der Waals surface area contributed by atoms with Crippen LogP contribution in [0, 0.1) is 5.82 Å². The average Bonchev–Trinajstić information content (AvgIpc) is 2.48. The van der Waals surface area contributed by atoms with E-state index in [0.29, 0.717) is 16.9 Å². The van der Waals surface area contributed by atoms with E-state index in [1.165, 1.54) is 25.1 Å². The Morgan fingerprint density at radius 1 is 0.955 bits per heavy atom. The van der Waals surface area contributed by atoms with Gasteiger partial charge in [0.1, 0.15) is 5.82 Å². The Bertz CT molecular complexity index is 709. The third-order valence-corrected chi connectivity index (χ3v) is 2.79. The number of carbonyl (C=O) groups is 2. The minimum Gasteiger partial charge on any atom is -0.326 e. The summed E-state index contributed by atoms with van der Waals surface area (Å²) in [6.07, 6.45) is 2.68. The Hall–Kier alpha value is -2.95. The number of hydrogen-bond donors (Lipinski definition) is 2. The van der Waals surface area contributed by atoms with Gasteiger partial charge in [-0.2, -0.15) is 0 Å². The van der Waals surface area contributed by atoms with Crippen molar-refractivity contribution in [1.29, 1.82) is 0 Å². The second-order valence-electron chi connectivity index (χ2n) is 4.60. The molecule has 2 rings (SSSR count). The van der Waals surface area contributed by atoms with Crippen LogP contribution in [0.15, 0.2) is 54.6 Å². The van der Waals surface area contributed by atoms with E-state index in [1.807, 2.05) is 0 Å². The summed E-state index contributed by atoms with van der Waals surface area (Å²) in [6.45, 7) is 1.42. The molecule has 0 radical (unpaired) electrons. The van der Waals surface area contributed by atoms with Gasteiger partial charge in [-0.25, -0.2) is 4.39 Å². The van der Waals surface area contributed by atoms with E-state index in [9.17, 15) is 14.0 Å². The normalized spacial score (nSPS) is 10.5. The Morgan fingerprint density at radius 3 is 2.14 bits per heavy atom. The zero-order valence-corrected chi connectivity index (χ0v) is 12.0. The van der Waals surface area contributed by atoms with E-state index < -0.39 is 0 Å². The number of carbonyl (C=O) groups excluding carboxylic acids is 2. The zero-order chi connectivity index (χ0) is 15.9. The molecule has 2 aromatic carbocycles. The molecule has 5 heteroatoms. The van der Waals surface area contributed by atoms with Gasteiger partial charge in [-0.05, 0) is 36.4 Å². The van der Waals surface area contributed by atoms with Crippen molar-refractivity contribution in [2.75, 3.05) is 10.6 Å². The van der Waals surface area contributed by atoms with Crippen LogP contribution in [0.1, 0.15) is 12.5 Å². The molecule has 0 aliphatic heterocycles. The van der Waals surface area contributed by atoms with Gasteiger partial charge in [0.2, 0.25) is 11.8 Å². The molecule has 0 heterocycles. The molecule has 0 aliphatic carbocycles. The fraction of sp³-hybridized carbons (Fsp3) is 0.0588. The van der Waals surface area contributed by atoms with Crippen molar-refractivity contribution in [3.05, 3.63) is 66.0 Å². The van der Waals surface area contributed by atoms with Gasteiger partial charge in [-0.15, -0.1) is 0 Å². The largest absolute Gasteiger partial charge is 0.326 e. The van der Waals surface area contributed by atoms with E-state index in [-0.39, 0.29) is 17.6 Å². The lowest BCUT2D eigenvalue weighted by atomic mass is 10.2. The van der Waals surface area contributed by atoms with E-state index >= 15 is 0 Å². The van der Waals surface area contributed by atoms with Crippen molar-refractivity contribution in [2.45, 2.75) is 6.92 Å². The number of hydrogen-bond acceptors (Lipinski definition) is 2. The maximum atomic E-state index is 13.4. The van der Waals surface area contributed by atoms with Gasteiger partial charge in [0, 0.05) is 29.9 Å². The summed E-state index contributed by atoms with van der Waals surface area (Å²) in [4.78, 5) is 22.7. The molecule has 0 aliphatic rings. The second kappa shape index (κ2) is 7.17. The topological polar surface area (TPSA) is 58.2 Å². The van der Waals surface area contributed by atoms with Crippen LogP contribution < -0.4 is 10.6 Å².